The summed E-state index contributed by atoms with van der Waals surface area (Å²) >= 11 is 1.29. The molecule has 0 amide bonds. The highest BCUT2D eigenvalue weighted by Crippen LogP contribution is 2.35. The van der Waals surface area contributed by atoms with E-state index in [9.17, 15) is 4.79 Å². The summed E-state index contributed by atoms with van der Waals surface area (Å²) < 4.78 is 0. The van der Waals surface area contributed by atoms with E-state index in [4.69, 9.17) is 0 Å². The fourth-order valence-electron chi connectivity index (χ4n) is 3.07. The minimum Gasteiger partial charge on any atom is -0.281 e. The van der Waals surface area contributed by atoms with Gasteiger partial charge in [0.15, 0.2) is 0 Å². The SMILES string of the molecule is O=C(Sc1ccccc1)c1ccccc1P(c1ccccc1)c1ccccc1. The molecule has 0 fully saturated rings. The van der Waals surface area contributed by atoms with Gasteiger partial charge in [-0.15, -0.1) is 0 Å². The van der Waals surface area contributed by atoms with Crippen molar-refractivity contribution in [2.45, 2.75) is 4.90 Å². The van der Waals surface area contributed by atoms with Crippen LogP contribution in [0.3, 0.4) is 0 Å². The maximum absolute atomic E-state index is 13.2. The third kappa shape index (κ3) is 4.25. The lowest BCUT2D eigenvalue weighted by Crippen LogP contribution is -2.24. The van der Waals surface area contributed by atoms with Crippen LogP contribution >= 0.6 is 19.7 Å². The quantitative estimate of drug-likeness (QED) is 0.332. The van der Waals surface area contributed by atoms with Gasteiger partial charge in [-0.1, -0.05) is 97.1 Å². The summed E-state index contributed by atoms with van der Waals surface area (Å²) in [5, 5.41) is 3.67. The van der Waals surface area contributed by atoms with E-state index >= 15 is 0 Å². The van der Waals surface area contributed by atoms with Gasteiger partial charge in [0.2, 0.25) is 5.12 Å². The first kappa shape index (κ1) is 18.7. The molecule has 0 aliphatic rings. The van der Waals surface area contributed by atoms with Gasteiger partial charge >= 0.3 is 0 Å². The molecule has 136 valence electrons. The van der Waals surface area contributed by atoms with Gasteiger partial charge in [0, 0.05) is 10.5 Å². The van der Waals surface area contributed by atoms with Gasteiger partial charge in [-0.3, -0.25) is 4.79 Å². The smallest absolute Gasteiger partial charge is 0.224 e. The maximum Gasteiger partial charge on any atom is 0.224 e. The summed E-state index contributed by atoms with van der Waals surface area (Å²) in [6, 6.07) is 38.8. The number of carbonyl (C=O) groups excluding carboxylic acids is 1. The minimum absolute atomic E-state index is 0.0844. The number of hydrogen-bond donors (Lipinski definition) is 0. The molecule has 0 aliphatic carbocycles. The molecule has 0 N–H and O–H groups in total. The molecule has 1 nitrogen and oxygen atoms in total. The average Bonchev–Trinajstić information content (AvgIpc) is 2.76. The topological polar surface area (TPSA) is 17.1 Å². The third-order valence-electron chi connectivity index (χ3n) is 4.35. The predicted octanol–water partition coefficient (Wildman–Crippen LogP) is 5.38. The summed E-state index contributed by atoms with van der Waals surface area (Å²) in [5.74, 6) is 0. The predicted molar refractivity (Wildman–Crippen MR) is 122 cm³/mol. The van der Waals surface area contributed by atoms with Crippen molar-refractivity contribution >= 4 is 40.7 Å². The molecule has 3 heteroatoms. The van der Waals surface area contributed by atoms with Crippen molar-refractivity contribution < 1.29 is 4.79 Å². The molecule has 0 atom stereocenters. The van der Waals surface area contributed by atoms with Crippen molar-refractivity contribution in [1.29, 1.82) is 0 Å². The molecule has 0 spiro atoms. The molecule has 4 aromatic carbocycles. The van der Waals surface area contributed by atoms with Crippen LogP contribution in [0.15, 0.2) is 120 Å². The normalized spacial score (nSPS) is 10.8. The Balaban J connectivity index is 1.79. The average molecular weight is 398 g/mol. The minimum atomic E-state index is -0.808. The Labute approximate surface area is 171 Å². The molecule has 0 saturated heterocycles. The van der Waals surface area contributed by atoms with Crippen LogP contribution in [-0.4, -0.2) is 5.12 Å². The molecular formula is C25H19OPS. The number of benzene rings is 4. The lowest BCUT2D eigenvalue weighted by molar-refractivity contribution is 0.109. The molecule has 0 heterocycles. The maximum atomic E-state index is 13.2. The van der Waals surface area contributed by atoms with Crippen molar-refractivity contribution in [3.8, 4) is 0 Å². The van der Waals surface area contributed by atoms with Crippen LogP contribution in [0.4, 0.5) is 0 Å². The zero-order chi connectivity index (χ0) is 19.2. The van der Waals surface area contributed by atoms with Crippen molar-refractivity contribution in [3.05, 3.63) is 121 Å². The number of thioether (sulfide) groups is 1. The van der Waals surface area contributed by atoms with E-state index in [1.165, 1.54) is 22.4 Å². The van der Waals surface area contributed by atoms with Crippen molar-refractivity contribution in [1.82, 2.24) is 0 Å². The largest absolute Gasteiger partial charge is 0.281 e. The highest BCUT2D eigenvalue weighted by atomic mass is 32.2. The van der Waals surface area contributed by atoms with E-state index in [1.807, 2.05) is 60.7 Å². The second kappa shape index (κ2) is 9.01. The second-order valence-electron chi connectivity index (χ2n) is 6.23. The second-order valence-corrected chi connectivity index (χ2v) is 9.46. The summed E-state index contributed by atoms with van der Waals surface area (Å²) in [6.45, 7) is 0. The van der Waals surface area contributed by atoms with Gasteiger partial charge in [0.25, 0.3) is 0 Å². The molecule has 0 aliphatic heterocycles. The van der Waals surface area contributed by atoms with Crippen LogP contribution in [0.5, 0.6) is 0 Å². The molecule has 0 bridgehead atoms. The first-order valence-corrected chi connectivity index (χ1v) is 11.3. The van der Waals surface area contributed by atoms with E-state index in [-0.39, 0.29) is 5.12 Å². The van der Waals surface area contributed by atoms with Crippen molar-refractivity contribution in [2.75, 3.05) is 0 Å². The van der Waals surface area contributed by atoms with Crippen LogP contribution in [0, 0.1) is 0 Å². The molecule has 4 aromatic rings. The summed E-state index contributed by atoms with van der Waals surface area (Å²) in [7, 11) is -0.808. The van der Waals surface area contributed by atoms with E-state index in [2.05, 4.69) is 54.6 Å². The van der Waals surface area contributed by atoms with Gasteiger partial charge in [0.05, 0.1) is 0 Å². The molecular weight excluding hydrogens is 379 g/mol. The zero-order valence-corrected chi connectivity index (χ0v) is 16.9. The Hall–Kier alpha value is -2.67. The molecule has 28 heavy (non-hydrogen) atoms. The Kier molecular flexibility index (Phi) is 6.01. The first-order valence-electron chi connectivity index (χ1n) is 9.09. The van der Waals surface area contributed by atoms with E-state index in [1.54, 1.807) is 0 Å². The monoisotopic (exact) mass is 398 g/mol. The highest BCUT2D eigenvalue weighted by molar-refractivity contribution is 8.14. The van der Waals surface area contributed by atoms with E-state index in [0.717, 1.165) is 15.8 Å². The van der Waals surface area contributed by atoms with E-state index < -0.39 is 7.92 Å². The van der Waals surface area contributed by atoms with E-state index in [0.29, 0.717) is 0 Å². The Morgan fingerprint density at radius 3 is 1.61 bits per heavy atom. The molecule has 0 aromatic heterocycles. The number of hydrogen-bond acceptors (Lipinski definition) is 2. The van der Waals surface area contributed by atoms with Crippen molar-refractivity contribution in [2.24, 2.45) is 0 Å². The molecule has 0 saturated carbocycles. The zero-order valence-electron chi connectivity index (χ0n) is 15.2. The fourth-order valence-corrected chi connectivity index (χ4v) is 6.39. The lowest BCUT2D eigenvalue weighted by atomic mass is 10.2. The molecule has 0 unspecified atom stereocenters. The van der Waals surface area contributed by atoms with Gasteiger partial charge in [-0.05, 0) is 53.8 Å². The summed E-state index contributed by atoms with van der Waals surface area (Å²) in [4.78, 5) is 14.1. The molecule has 4 rings (SSSR count). The number of rotatable bonds is 5. The Morgan fingerprint density at radius 1 is 0.571 bits per heavy atom. The lowest BCUT2D eigenvalue weighted by Gasteiger charge is -2.21. The Morgan fingerprint density at radius 2 is 1.04 bits per heavy atom. The van der Waals surface area contributed by atoms with Crippen LogP contribution < -0.4 is 15.9 Å². The molecule has 0 radical (unpaired) electrons. The van der Waals surface area contributed by atoms with Gasteiger partial charge < -0.3 is 0 Å². The third-order valence-corrected chi connectivity index (χ3v) is 7.76. The van der Waals surface area contributed by atoms with Crippen LogP contribution in [0.25, 0.3) is 0 Å². The highest BCUT2D eigenvalue weighted by Gasteiger charge is 2.22. The van der Waals surface area contributed by atoms with Crippen LogP contribution in [-0.2, 0) is 0 Å². The first-order chi connectivity index (χ1) is 13.8. The summed E-state index contributed by atoms with van der Waals surface area (Å²) in [6.07, 6.45) is 0. The summed E-state index contributed by atoms with van der Waals surface area (Å²) in [5.41, 5.74) is 0.787. The van der Waals surface area contributed by atoms with Gasteiger partial charge in [-0.2, -0.15) is 0 Å². The van der Waals surface area contributed by atoms with Gasteiger partial charge in [0.1, 0.15) is 0 Å². The van der Waals surface area contributed by atoms with Crippen LogP contribution in [0.2, 0.25) is 0 Å². The van der Waals surface area contributed by atoms with Crippen LogP contribution in [0.1, 0.15) is 10.4 Å². The Bertz CT molecular complexity index is 1010. The fraction of sp³-hybridized carbons (Fsp3) is 0. The van der Waals surface area contributed by atoms with Gasteiger partial charge in [-0.25, -0.2) is 0 Å². The number of carbonyl (C=O) groups is 1. The standard InChI is InChI=1S/C25H19OPS/c26-25(28-22-16-8-3-9-17-22)23-18-10-11-19-24(23)27(20-12-4-1-5-13-20)21-14-6-2-7-15-21/h1-19H. The van der Waals surface area contributed by atoms with Crippen molar-refractivity contribution in [3.63, 3.8) is 0 Å².